The fourth-order valence-corrected chi connectivity index (χ4v) is 3.47. The summed E-state index contributed by atoms with van der Waals surface area (Å²) < 4.78 is 0.774. The second-order valence-corrected chi connectivity index (χ2v) is 5.87. The zero-order valence-corrected chi connectivity index (χ0v) is 9.26. The zero-order chi connectivity index (χ0) is 9.71. The topological polar surface area (TPSA) is 42.1 Å². The van der Waals surface area contributed by atoms with E-state index in [2.05, 4.69) is 9.88 Å². The van der Waals surface area contributed by atoms with Crippen LogP contribution in [0.5, 0.6) is 0 Å². The summed E-state index contributed by atoms with van der Waals surface area (Å²) in [5, 5.41) is 1.11. The third kappa shape index (κ3) is 1.29. The molecule has 2 bridgehead atoms. The second-order valence-electron chi connectivity index (χ2n) is 4.13. The van der Waals surface area contributed by atoms with Gasteiger partial charge in [-0.05, 0) is 12.3 Å². The summed E-state index contributed by atoms with van der Waals surface area (Å²) in [6, 6.07) is 1.01. The predicted molar refractivity (Wildman–Crippen MR) is 57.4 cm³/mol. The van der Waals surface area contributed by atoms with E-state index in [-0.39, 0.29) is 0 Å². The van der Waals surface area contributed by atoms with Crippen molar-refractivity contribution < 1.29 is 0 Å². The average molecular weight is 230 g/mol. The molecular weight excluding hydrogens is 218 g/mol. The van der Waals surface area contributed by atoms with E-state index >= 15 is 0 Å². The Labute approximate surface area is 91.9 Å². The molecule has 4 rings (SSSR count). The Kier molecular flexibility index (Phi) is 2.06. The standard InChI is InChI=1S/C9H12ClN3S/c10-7-2-12-8(14-7)4-13-3-5-1-6(13)9(5)11/h2,5-6,9H,1,3-4,11H2. The van der Waals surface area contributed by atoms with Crippen molar-refractivity contribution in [2.45, 2.75) is 25.0 Å². The Bertz CT molecular complexity index is 354. The predicted octanol–water partition coefficient (Wildman–Crippen LogP) is 1.33. The average Bonchev–Trinajstić information content (AvgIpc) is 2.79. The van der Waals surface area contributed by atoms with Crippen LogP contribution in [0.15, 0.2) is 6.20 Å². The van der Waals surface area contributed by atoms with Crippen LogP contribution in [0, 0.1) is 5.92 Å². The summed E-state index contributed by atoms with van der Waals surface area (Å²) in [4.78, 5) is 6.70. The molecule has 0 amide bonds. The van der Waals surface area contributed by atoms with Gasteiger partial charge >= 0.3 is 0 Å². The van der Waals surface area contributed by atoms with E-state index in [9.17, 15) is 0 Å². The van der Waals surface area contributed by atoms with Crippen molar-refractivity contribution >= 4 is 22.9 Å². The molecule has 3 atom stereocenters. The van der Waals surface area contributed by atoms with E-state index in [1.165, 1.54) is 6.42 Å². The smallest absolute Gasteiger partial charge is 0.113 e. The van der Waals surface area contributed by atoms with Crippen LogP contribution in [0.25, 0.3) is 0 Å². The first-order valence-electron chi connectivity index (χ1n) is 4.84. The molecule has 0 aromatic carbocycles. The van der Waals surface area contributed by atoms with Crippen molar-refractivity contribution in [2.24, 2.45) is 11.7 Å². The fourth-order valence-electron chi connectivity index (χ4n) is 2.48. The quantitative estimate of drug-likeness (QED) is 0.832. The van der Waals surface area contributed by atoms with Gasteiger partial charge in [0, 0.05) is 18.6 Å². The monoisotopic (exact) mass is 229 g/mol. The number of hydrogen-bond acceptors (Lipinski definition) is 4. The number of hydrogen-bond donors (Lipinski definition) is 1. The maximum atomic E-state index is 5.99. The summed E-state index contributed by atoms with van der Waals surface area (Å²) in [7, 11) is 0. The first-order chi connectivity index (χ1) is 6.74. The molecule has 3 unspecified atom stereocenters. The summed E-state index contributed by atoms with van der Waals surface area (Å²) in [6.45, 7) is 2.06. The molecule has 3 nitrogen and oxygen atoms in total. The Hall–Kier alpha value is -0.160. The zero-order valence-electron chi connectivity index (χ0n) is 7.69. The van der Waals surface area contributed by atoms with Crippen molar-refractivity contribution in [1.82, 2.24) is 9.88 Å². The summed E-state index contributed by atoms with van der Waals surface area (Å²) in [5.41, 5.74) is 5.99. The molecule has 76 valence electrons. The van der Waals surface area contributed by atoms with Crippen molar-refractivity contribution in [3.63, 3.8) is 0 Å². The van der Waals surface area contributed by atoms with Gasteiger partial charge in [-0.1, -0.05) is 11.6 Å². The minimum atomic E-state index is 0.408. The molecule has 0 radical (unpaired) electrons. The molecule has 3 aliphatic rings. The highest BCUT2D eigenvalue weighted by atomic mass is 35.5. The van der Waals surface area contributed by atoms with Crippen molar-refractivity contribution in [1.29, 1.82) is 0 Å². The van der Waals surface area contributed by atoms with Gasteiger partial charge in [0.1, 0.15) is 9.34 Å². The van der Waals surface area contributed by atoms with E-state index in [0.717, 1.165) is 28.4 Å². The van der Waals surface area contributed by atoms with Gasteiger partial charge in [-0.2, -0.15) is 0 Å². The van der Waals surface area contributed by atoms with Crippen LogP contribution < -0.4 is 5.73 Å². The summed E-state index contributed by atoms with van der Waals surface area (Å²) >= 11 is 7.40. The number of nitrogens with zero attached hydrogens (tertiary/aromatic N) is 2. The van der Waals surface area contributed by atoms with Crippen LogP contribution >= 0.6 is 22.9 Å². The highest BCUT2D eigenvalue weighted by molar-refractivity contribution is 7.15. The molecule has 0 spiro atoms. The normalized spacial score (nSPS) is 36.0. The van der Waals surface area contributed by atoms with Gasteiger partial charge < -0.3 is 5.73 Å². The number of aromatic nitrogens is 1. The van der Waals surface area contributed by atoms with E-state index < -0.39 is 0 Å². The molecule has 14 heavy (non-hydrogen) atoms. The van der Waals surface area contributed by atoms with Crippen molar-refractivity contribution in [3.05, 3.63) is 15.5 Å². The van der Waals surface area contributed by atoms with Crippen LogP contribution in [-0.4, -0.2) is 28.5 Å². The first kappa shape index (κ1) is 9.09. The van der Waals surface area contributed by atoms with E-state index in [4.69, 9.17) is 17.3 Å². The van der Waals surface area contributed by atoms with E-state index in [1.807, 2.05) is 0 Å². The van der Waals surface area contributed by atoms with Crippen LogP contribution in [0.1, 0.15) is 11.4 Å². The lowest BCUT2D eigenvalue weighted by molar-refractivity contribution is 0.208. The molecule has 2 N–H and O–H groups in total. The van der Waals surface area contributed by atoms with Gasteiger partial charge in [-0.3, -0.25) is 4.90 Å². The van der Waals surface area contributed by atoms with Crippen LogP contribution in [0.3, 0.4) is 0 Å². The lowest BCUT2D eigenvalue weighted by atomic mass is 9.81. The molecule has 1 saturated carbocycles. The highest BCUT2D eigenvalue weighted by Gasteiger charge is 2.49. The van der Waals surface area contributed by atoms with E-state index in [1.54, 1.807) is 17.5 Å². The van der Waals surface area contributed by atoms with Crippen molar-refractivity contribution in [2.75, 3.05) is 6.54 Å². The largest absolute Gasteiger partial charge is 0.326 e. The molecular formula is C9H12ClN3S. The third-order valence-corrected chi connectivity index (χ3v) is 4.43. The molecule has 1 aromatic heterocycles. The van der Waals surface area contributed by atoms with Gasteiger partial charge in [-0.15, -0.1) is 11.3 Å². The lowest BCUT2D eigenvalue weighted by Gasteiger charge is -2.33. The van der Waals surface area contributed by atoms with Crippen molar-refractivity contribution in [3.8, 4) is 0 Å². The molecule has 1 aromatic rings. The number of halogens is 1. The lowest BCUT2D eigenvalue weighted by Crippen LogP contribution is -2.49. The Balaban J connectivity index is 1.69. The van der Waals surface area contributed by atoms with Gasteiger partial charge in [0.05, 0.1) is 12.7 Å². The summed E-state index contributed by atoms with van der Waals surface area (Å²) in [5.74, 6) is 0.732. The van der Waals surface area contributed by atoms with Crippen LogP contribution in [-0.2, 0) is 6.54 Å². The minimum Gasteiger partial charge on any atom is -0.326 e. The molecule has 5 heteroatoms. The van der Waals surface area contributed by atoms with Gasteiger partial charge in [-0.25, -0.2) is 4.98 Å². The molecule has 3 heterocycles. The van der Waals surface area contributed by atoms with Gasteiger partial charge in [0.15, 0.2) is 0 Å². The first-order valence-corrected chi connectivity index (χ1v) is 6.03. The number of thiazole rings is 1. The molecule has 1 aliphatic carbocycles. The Morgan fingerprint density at radius 3 is 3.07 bits per heavy atom. The highest BCUT2D eigenvalue weighted by Crippen LogP contribution is 2.40. The maximum Gasteiger partial charge on any atom is 0.113 e. The van der Waals surface area contributed by atoms with Gasteiger partial charge in [0.25, 0.3) is 0 Å². The molecule has 2 saturated heterocycles. The SMILES string of the molecule is NC1C2CC1N(Cc1ncc(Cl)s1)C2. The van der Waals surface area contributed by atoms with Crippen LogP contribution in [0.4, 0.5) is 0 Å². The molecule has 3 fully saturated rings. The maximum absolute atomic E-state index is 5.99. The Morgan fingerprint density at radius 1 is 1.71 bits per heavy atom. The number of nitrogens with two attached hydrogens (primary N) is 1. The fraction of sp³-hybridized carbons (Fsp3) is 0.667. The number of fused-ring (bicyclic) bond motifs is 1. The third-order valence-electron chi connectivity index (χ3n) is 3.33. The van der Waals surface area contributed by atoms with E-state index in [0.29, 0.717) is 12.1 Å². The molecule has 2 aliphatic heterocycles. The van der Waals surface area contributed by atoms with Gasteiger partial charge in [0.2, 0.25) is 0 Å². The minimum absolute atomic E-state index is 0.408. The number of rotatable bonds is 2. The Morgan fingerprint density at radius 2 is 2.57 bits per heavy atom. The summed E-state index contributed by atoms with van der Waals surface area (Å²) in [6.07, 6.45) is 3.00. The van der Waals surface area contributed by atoms with Crippen LogP contribution in [0.2, 0.25) is 4.34 Å². The second kappa shape index (κ2) is 3.17.